The first-order valence-corrected chi connectivity index (χ1v) is 11.1. The van der Waals surface area contributed by atoms with Gasteiger partial charge in [-0.15, -0.1) is 10.2 Å². The fraction of sp³-hybridized carbons (Fsp3) is 0. The maximum Gasteiger partial charge on any atom is 0.168 e. The molecule has 0 N–H and O–H groups in total. The van der Waals surface area contributed by atoms with Crippen LogP contribution < -0.4 is 0 Å². The van der Waals surface area contributed by atoms with Gasteiger partial charge in [-0.3, -0.25) is 9.13 Å². The largest absolute Gasteiger partial charge is 0.299 e. The summed E-state index contributed by atoms with van der Waals surface area (Å²) in [7, 11) is 0. The van der Waals surface area contributed by atoms with Crippen LogP contribution in [0.25, 0.3) is 45.4 Å². The van der Waals surface area contributed by atoms with Gasteiger partial charge in [0, 0.05) is 34.3 Å². The zero-order valence-corrected chi connectivity index (χ0v) is 18.4. The van der Waals surface area contributed by atoms with Crippen molar-refractivity contribution in [2.45, 2.75) is 0 Å². The zero-order chi connectivity index (χ0) is 22.7. The van der Waals surface area contributed by atoms with Crippen molar-refractivity contribution in [1.82, 2.24) is 24.3 Å². The third kappa shape index (κ3) is 3.69. The molecule has 0 radical (unpaired) electrons. The maximum atomic E-state index is 5.05. The number of para-hydroxylation sites is 1. The van der Waals surface area contributed by atoms with Gasteiger partial charge >= 0.3 is 0 Å². The topological polar surface area (TPSA) is 48.5 Å². The minimum Gasteiger partial charge on any atom is -0.299 e. The normalized spacial score (nSPS) is 10.9. The first kappa shape index (κ1) is 19.9. The average Bonchev–Trinajstić information content (AvgIpc) is 3.59. The van der Waals surface area contributed by atoms with Gasteiger partial charge in [-0.2, -0.15) is 0 Å². The van der Waals surface area contributed by atoms with Crippen LogP contribution in [0.2, 0.25) is 0 Å². The van der Waals surface area contributed by atoms with Crippen LogP contribution in [0.4, 0.5) is 0 Å². The van der Waals surface area contributed by atoms with Crippen LogP contribution in [0.1, 0.15) is 0 Å². The van der Waals surface area contributed by atoms with Crippen LogP contribution in [0.15, 0.2) is 128 Å². The van der Waals surface area contributed by atoms with Crippen molar-refractivity contribution in [2.75, 3.05) is 0 Å². The predicted octanol–water partition coefficient (Wildman–Crippen LogP) is 6.45. The third-order valence-corrected chi connectivity index (χ3v) is 5.77. The molecule has 0 fully saturated rings. The standard InChI is InChI=1S/C29H21N5/c1-4-11-22(12-5-1)28-31-27(20-33(28)25-16-8-3-9-17-25)24-15-10-18-26(19-24)34-21-30-32-29(34)23-13-6-2-7-14-23/h1-21H. The Morgan fingerprint density at radius 1 is 0.500 bits per heavy atom. The van der Waals surface area contributed by atoms with Crippen molar-refractivity contribution in [1.29, 1.82) is 0 Å². The smallest absolute Gasteiger partial charge is 0.168 e. The molecule has 4 aromatic carbocycles. The molecule has 0 atom stereocenters. The number of benzene rings is 4. The van der Waals surface area contributed by atoms with Gasteiger partial charge < -0.3 is 0 Å². The van der Waals surface area contributed by atoms with E-state index in [1.54, 1.807) is 6.33 Å². The lowest BCUT2D eigenvalue weighted by Crippen LogP contribution is -1.96. The van der Waals surface area contributed by atoms with Crippen molar-refractivity contribution in [3.63, 3.8) is 0 Å². The minimum atomic E-state index is 0.803. The molecule has 2 heterocycles. The quantitative estimate of drug-likeness (QED) is 0.310. The lowest BCUT2D eigenvalue weighted by molar-refractivity contribution is 1.06. The first-order valence-electron chi connectivity index (χ1n) is 11.1. The Morgan fingerprint density at radius 2 is 1.09 bits per heavy atom. The number of rotatable bonds is 5. The molecular formula is C29H21N5. The van der Waals surface area contributed by atoms with Gasteiger partial charge in [-0.1, -0.05) is 91.0 Å². The van der Waals surface area contributed by atoms with Gasteiger partial charge in [0.2, 0.25) is 0 Å². The summed E-state index contributed by atoms with van der Waals surface area (Å²) in [5.41, 5.74) is 6.07. The summed E-state index contributed by atoms with van der Waals surface area (Å²) in [6, 6.07) is 39.0. The van der Waals surface area contributed by atoms with Crippen LogP contribution in [-0.2, 0) is 0 Å². The van der Waals surface area contributed by atoms with E-state index in [1.807, 2.05) is 77.4 Å². The van der Waals surface area contributed by atoms with Crippen molar-refractivity contribution >= 4 is 0 Å². The molecule has 6 aromatic rings. The molecule has 5 nitrogen and oxygen atoms in total. The second kappa shape index (κ2) is 8.64. The fourth-order valence-electron chi connectivity index (χ4n) is 4.12. The molecule has 162 valence electrons. The van der Waals surface area contributed by atoms with Gasteiger partial charge in [0.25, 0.3) is 0 Å². The number of imidazole rings is 1. The van der Waals surface area contributed by atoms with Gasteiger partial charge in [0.1, 0.15) is 12.2 Å². The summed E-state index contributed by atoms with van der Waals surface area (Å²) in [6.45, 7) is 0. The van der Waals surface area contributed by atoms with Gasteiger partial charge in [-0.25, -0.2) is 4.98 Å². The van der Waals surface area contributed by atoms with Gasteiger partial charge in [-0.05, 0) is 24.3 Å². The Morgan fingerprint density at radius 3 is 1.79 bits per heavy atom. The summed E-state index contributed by atoms with van der Waals surface area (Å²) in [6.07, 6.45) is 3.85. The van der Waals surface area contributed by atoms with Crippen LogP contribution >= 0.6 is 0 Å². The van der Waals surface area contributed by atoms with Crippen LogP contribution in [0.5, 0.6) is 0 Å². The van der Waals surface area contributed by atoms with Gasteiger partial charge in [0.05, 0.1) is 5.69 Å². The molecule has 0 bridgehead atoms. The Bertz CT molecular complexity index is 1480. The molecule has 0 saturated heterocycles. The molecule has 0 unspecified atom stereocenters. The Kier molecular flexibility index (Phi) is 5.05. The molecule has 2 aromatic heterocycles. The van der Waals surface area contributed by atoms with Crippen molar-refractivity contribution in [3.05, 3.63) is 128 Å². The summed E-state index contributed by atoms with van der Waals surface area (Å²) >= 11 is 0. The van der Waals surface area contributed by atoms with E-state index in [0.29, 0.717) is 0 Å². The lowest BCUT2D eigenvalue weighted by atomic mass is 10.1. The fourth-order valence-corrected chi connectivity index (χ4v) is 4.12. The van der Waals surface area contributed by atoms with Crippen LogP contribution in [0.3, 0.4) is 0 Å². The van der Waals surface area contributed by atoms with E-state index < -0.39 is 0 Å². The van der Waals surface area contributed by atoms with Crippen molar-refractivity contribution < 1.29 is 0 Å². The molecule has 34 heavy (non-hydrogen) atoms. The number of hydrogen-bond acceptors (Lipinski definition) is 3. The molecule has 0 aliphatic carbocycles. The van der Waals surface area contributed by atoms with Crippen molar-refractivity contribution in [3.8, 4) is 45.4 Å². The second-order valence-electron chi connectivity index (χ2n) is 7.96. The van der Waals surface area contributed by atoms with E-state index in [1.165, 1.54) is 0 Å². The summed E-state index contributed by atoms with van der Waals surface area (Å²) in [5, 5.41) is 8.52. The molecule has 0 spiro atoms. The highest BCUT2D eigenvalue weighted by Crippen LogP contribution is 2.29. The van der Waals surface area contributed by atoms with Gasteiger partial charge in [0.15, 0.2) is 5.82 Å². The highest BCUT2D eigenvalue weighted by molar-refractivity contribution is 5.69. The SMILES string of the molecule is c1ccc(-c2nncn2-c2cccc(-c3cn(-c4ccccc4)c(-c4ccccc4)n3)c2)cc1. The Hall–Kier alpha value is -4.77. The molecule has 5 heteroatoms. The molecule has 0 amide bonds. The van der Waals surface area contributed by atoms with E-state index >= 15 is 0 Å². The lowest BCUT2D eigenvalue weighted by Gasteiger charge is -2.08. The molecule has 6 rings (SSSR count). The highest BCUT2D eigenvalue weighted by Gasteiger charge is 2.15. The van der Waals surface area contributed by atoms with E-state index in [2.05, 4.69) is 63.4 Å². The van der Waals surface area contributed by atoms with E-state index in [4.69, 9.17) is 4.98 Å². The number of nitrogens with zero attached hydrogens (tertiary/aromatic N) is 5. The predicted molar refractivity (Wildman–Crippen MR) is 135 cm³/mol. The molecule has 0 aliphatic heterocycles. The van der Waals surface area contributed by atoms with E-state index in [-0.39, 0.29) is 0 Å². The van der Waals surface area contributed by atoms with Crippen LogP contribution in [0, 0.1) is 0 Å². The summed E-state index contributed by atoms with van der Waals surface area (Å²) in [5.74, 6) is 1.71. The number of hydrogen-bond donors (Lipinski definition) is 0. The molecular weight excluding hydrogens is 418 g/mol. The Balaban J connectivity index is 1.46. The Labute approximate surface area is 197 Å². The van der Waals surface area contributed by atoms with Crippen molar-refractivity contribution in [2.24, 2.45) is 0 Å². The molecule has 0 aliphatic rings. The minimum absolute atomic E-state index is 0.803. The monoisotopic (exact) mass is 439 g/mol. The second-order valence-corrected chi connectivity index (χ2v) is 7.96. The average molecular weight is 440 g/mol. The maximum absolute atomic E-state index is 5.05. The zero-order valence-electron chi connectivity index (χ0n) is 18.4. The summed E-state index contributed by atoms with van der Waals surface area (Å²) < 4.78 is 4.15. The number of aromatic nitrogens is 5. The van der Waals surface area contributed by atoms with Crippen LogP contribution in [-0.4, -0.2) is 24.3 Å². The third-order valence-electron chi connectivity index (χ3n) is 5.77. The van der Waals surface area contributed by atoms with E-state index in [9.17, 15) is 0 Å². The van der Waals surface area contributed by atoms with E-state index in [0.717, 1.165) is 45.4 Å². The first-order chi connectivity index (χ1) is 16.9. The highest BCUT2D eigenvalue weighted by atomic mass is 15.3. The summed E-state index contributed by atoms with van der Waals surface area (Å²) in [4.78, 5) is 5.05. The molecule has 0 saturated carbocycles.